The normalized spacial score (nSPS) is 19.9. The Morgan fingerprint density at radius 3 is 2.76 bits per heavy atom. The molecule has 0 aliphatic carbocycles. The summed E-state index contributed by atoms with van der Waals surface area (Å²) in [4.78, 5) is 36.0. The third-order valence-electron chi connectivity index (χ3n) is 3.48. The van der Waals surface area contributed by atoms with Crippen LogP contribution in [0.4, 0.5) is 0 Å². The quantitative estimate of drug-likeness (QED) is 0.475. The summed E-state index contributed by atoms with van der Waals surface area (Å²) in [6, 6.07) is -0.646. The Labute approximate surface area is 128 Å². The summed E-state index contributed by atoms with van der Waals surface area (Å²) in [6.45, 7) is 1.08. The number of hydrogen-bond acceptors (Lipinski definition) is 6. The first-order valence-electron chi connectivity index (χ1n) is 6.94. The van der Waals surface area contributed by atoms with E-state index in [1.807, 2.05) is 0 Å². The van der Waals surface area contributed by atoms with Crippen molar-refractivity contribution in [2.45, 2.75) is 25.3 Å². The summed E-state index contributed by atoms with van der Waals surface area (Å²) in [5, 5.41) is 0. The second kappa shape index (κ2) is 8.89. The molecular weight excluding hydrogens is 294 g/mol. The molecule has 1 saturated heterocycles. The number of nitrogens with two attached hydrogens (primary N) is 2. The van der Waals surface area contributed by atoms with Crippen LogP contribution in [-0.4, -0.2) is 60.4 Å². The van der Waals surface area contributed by atoms with Crippen molar-refractivity contribution >= 4 is 29.5 Å². The number of nitrogens with zero attached hydrogens (tertiary/aromatic N) is 1. The molecule has 1 rings (SSSR count). The molecule has 0 aromatic rings. The van der Waals surface area contributed by atoms with Crippen molar-refractivity contribution in [3.8, 4) is 0 Å². The topological polar surface area (TPSA) is 116 Å². The Kier molecular flexibility index (Phi) is 7.52. The minimum atomic E-state index is -0.646. The molecule has 2 atom stereocenters. The Balaban J connectivity index is 2.24. The van der Waals surface area contributed by atoms with Gasteiger partial charge in [0, 0.05) is 13.1 Å². The van der Waals surface area contributed by atoms with E-state index in [1.165, 1.54) is 18.9 Å². The van der Waals surface area contributed by atoms with Gasteiger partial charge in [-0.05, 0) is 25.0 Å². The summed E-state index contributed by atoms with van der Waals surface area (Å²) >= 11 is 1.43. The highest BCUT2D eigenvalue weighted by molar-refractivity contribution is 7.99. The van der Waals surface area contributed by atoms with Crippen molar-refractivity contribution in [2.75, 3.05) is 31.7 Å². The van der Waals surface area contributed by atoms with Crippen LogP contribution >= 0.6 is 11.8 Å². The zero-order valence-electron chi connectivity index (χ0n) is 12.2. The second-order valence-electron chi connectivity index (χ2n) is 5.05. The van der Waals surface area contributed by atoms with E-state index in [9.17, 15) is 14.4 Å². The molecule has 21 heavy (non-hydrogen) atoms. The molecule has 1 aliphatic heterocycles. The number of amides is 2. The highest BCUT2D eigenvalue weighted by Gasteiger charge is 2.26. The third kappa shape index (κ3) is 5.92. The maximum atomic E-state index is 12.0. The summed E-state index contributed by atoms with van der Waals surface area (Å²) < 4.78 is 4.53. The largest absolute Gasteiger partial charge is 0.468 e. The Bertz CT molecular complexity index is 392. The van der Waals surface area contributed by atoms with Gasteiger partial charge in [-0.1, -0.05) is 0 Å². The lowest BCUT2D eigenvalue weighted by atomic mass is 9.97. The first-order valence-corrected chi connectivity index (χ1v) is 8.09. The van der Waals surface area contributed by atoms with E-state index >= 15 is 0 Å². The average Bonchev–Trinajstić information content (AvgIpc) is 2.50. The van der Waals surface area contributed by atoms with Gasteiger partial charge < -0.3 is 21.1 Å². The zero-order valence-corrected chi connectivity index (χ0v) is 13.1. The van der Waals surface area contributed by atoms with E-state index in [0.29, 0.717) is 31.0 Å². The predicted molar refractivity (Wildman–Crippen MR) is 80.4 cm³/mol. The number of carbonyl (C=O) groups is 3. The number of ether oxygens (including phenoxy) is 1. The molecule has 4 N–H and O–H groups in total. The van der Waals surface area contributed by atoms with Crippen LogP contribution in [0.25, 0.3) is 0 Å². The molecule has 7 nitrogen and oxygen atoms in total. The first-order chi connectivity index (χ1) is 9.95. The molecule has 2 unspecified atom stereocenters. The van der Waals surface area contributed by atoms with Gasteiger partial charge in [-0.2, -0.15) is 11.8 Å². The number of methoxy groups -OCH3 is 1. The Morgan fingerprint density at radius 2 is 2.14 bits per heavy atom. The van der Waals surface area contributed by atoms with E-state index in [1.54, 1.807) is 4.90 Å². The average molecular weight is 317 g/mol. The van der Waals surface area contributed by atoms with Crippen molar-refractivity contribution in [3.63, 3.8) is 0 Å². The lowest BCUT2D eigenvalue weighted by Gasteiger charge is -2.31. The van der Waals surface area contributed by atoms with Crippen molar-refractivity contribution in [3.05, 3.63) is 0 Å². The summed E-state index contributed by atoms with van der Waals surface area (Å²) in [7, 11) is 1.30. The van der Waals surface area contributed by atoms with E-state index in [0.717, 1.165) is 12.8 Å². The van der Waals surface area contributed by atoms with E-state index < -0.39 is 12.0 Å². The number of piperidine rings is 1. The molecule has 0 aromatic heterocycles. The van der Waals surface area contributed by atoms with Crippen LogP contribution in [0.15, 0.2) is 0 Å². The monoisotopic (exact) mass is 317 g/mol. The van der Waals surface area contributed by atoms with Crippen LogP contribution in [0.2, 0.25) is 0 Å². The molecule has 2 amide bonds. The third-order valence-corrected chi connectivity index (χ3v) is 4.45. The van der Waals surface area contributed by atoms with Crippen LogP contribution < -0.4 is 11.5 Å². The molecule has 1 fully saturated rings. The minimum absolute atomic E-state index is 0.00223. The smallest absolute Gasteiger partial charge is 0.322 e. The van der Waals surface area contributed by atoms with Gasteiger partial charge in [0.05, 0.1) is 18.8 Å². The van der Waals surface area contributed by atoms with Gasteiger partial charge in [0.25, 0.3) is 0 Å². The van der Waals surface area contributed by atoms with Crippen LogP contribution in [0.5, 0.6) is 0 Å². The van der Waals surface area contributed by atoms with E-state index in [-0.39, 0.29) is 17.7 Å². The summed E-state index contributed by atoms with van der Waals surface area (Å²) in [6.07, 6.45) is 2.02. The minimum Gasteiger partial charge on any atom is -0.468 e. The van der Waals surface area contributed by atoms with Crippen molar-refractivity contribution in [1.29, 1.82) is 0 Å². The molecule has 1 heterocycles. The van der Waals surface area contributed by atoms with E-state index in [4.69, 9.17) is 11.5 Å². The number of likely N-dealkylation sites (tertiary alicyclic amines) is 1. The molecule has 0 bridgehead atoms. The van der Waals surface area contributed by atoms with Crippen LogP contribution in [-0.2, 0) is 19.1 Å². The lowest BCUT2D eigenvalue weighted by molar-refractivity contribution is -0.142. The van der Waals surface area contributed by atoms with Crippen molar-refractivity contribution < 1.29 is 19.1 Å². The van der Waals surface area contributed by atoms with Gasteiger partial charge in [0.15, 0.2) is 0 Å². The predicted octanol–water partition coefficient (Wildman–Crippen LogP) is -0.666. The second-order valence-corrected chi connectivity index (χ2v) is 6.16. The van der Waals surface area contributed by atoms with Crippen LogP contribution in [0, 0.1) is 5.92 Å². The molecule has 0 radical (unpaired) electrons. The molecule has 0 aromatic carbocycles. The zero-order chi connectivity index (χ0) is 15.8. The number of rotatable bonds is 7. The SMILES string of the molecule is COC(=O)C(N)CCSCC(=O)N1CCCC(C(N)=O)C1. The Morgan fingerprint density at radius 1 is 1.43 bits per heavy atom. The number of carbonyl (C=O) groups excluding carboxylic acids is 3. The summed E-state index contributed by atoms with van der Waals surface area (Å²) in [5.74, 6) is -0.0985. The molecule has 0 saturated carbocycles. The molecule has 120 valence electrons. The van der Waals surface area contributed by atoms with Crippen molar-refractivity contribution in [2.24, 2.45) is 17.4 Å². The highest BCUT2D eigenvalue weighted by atomic mass is 32.2. The van der Waals surface area contributed by atoms with Gasteiger partial charge in [0.1, 0.15) is 6.04 Å². The lowest BCUT2D eigenvalue weighted by Crippen LogP contribution is -2.44. The van der Waals surface area contributed by atoms with Gasteiger partial charge in [-0.25, -0.2) is 0 Å². The van der Waals surface area contributed by atoms with Crippen molar-refractivity contribution in [1.82, 2.24) is 4.90 Å². The highest BCUT2D eigenvalue weighted by Crippen LogP contribution is 2.17. The number of thioether (sulfide) groups is 1. The van der Waals surface area contributed by atoms with Gasteiger partial charge in [-0.15, -0.1) is 0 Å². The van der Waals surface area contributed by atoms with Gasteiger partial charge >= 0.3 is 5.97 Å². The van der Waals surface area contributed by atoms with E-state index in [2.05, 4.69) is 4.74 Å². The molecular formula is C13H23N3O4S. The van der Waals surface area contributed by atoms with Gasteiger partial charge in [-0.3, -0.25) is 14.4 Å². The maximum Gasteiger partial charge on any atom is 0.322 e. The maximum absolute atomic E-state index is 12.0. The molecule has 0 spiro atoms. The number of hydrogen-bond donors (Lipinski definition) is 2. The molecule has 8 heteroatoms. The fourth-order valence-electron chi connectivity index (χ4n) is 2.17. The fourth-order valence-corrected chi connectivity index (χ4v) is 3.09. The fraction of sp³-hybridized carbons (Fsp3) is 0.769. The molecule has 1 aliphatic rings. The first kappa shape index (κ1) is 17.8. The Hall–Kier alpha value is -1.28. The number of esters is 1. The van der Waals surface area contributed by atoms with Gasteiger partial charge in [0.2, 0.25) is 11.8 Å². The summed E-state index contributed by atoms with van der Waals surface area (Å²) in [5.41, 5.74) is 10.9. The van der Waals surface area contributed by atoms with Crippen LogP contribution in [0.1, 0.15) is 19.3 Å². The standard InChI is InChI=1S/C13H23N3O4S/c1-20-13(19)10(14)4-6-21-8-11(17)16-5-2-3-9(7-16)12(15)18/h9-10H,2-8,14H2,1H3,(H2,15,18). The number of primary amides is 1. The van der Waals surface area contributed by atoms with Crippen LogP contribution in [0.3, 0.4) is 0 Å².